The Morgan fingerprint density at radius 3 is 2.88 bits per heavy atom. The zero-order chi connectivity index (χ0) is 11.9. The van der Waals surface area contributed by atoms with Crippen molar-refractivity contribution in [1.82, 2.24) is 3.56 Å². The van der Waals surface area contributed by atoms with Crippen molar-refractivity contribution in [3.05, 3.63) is 33.6 Å². The van der Waals surface area contributed by atoms with Gasteiger partial charge in [-0.3, -0.25) is 0 Å². The molecule has 84 valence electrons. The van der Waals surface area contributed by atoms with Crippen LogP contribution in [-0.2, 0) is 4.79 Å². The Morgan fingerprint density at radius 2 is 2.25 bits per heavy atom. The van der Waals surface area contributed by atoms with Crippen LogP contribution >= 0.6 is 11.6 Å². The van der Waals surface area contributed by atoms with E-state index in [9.17, 15) is 9.59 Å². The fourth-order valence-electron chi connectivity index (χ4n) is 1.37. The molecule has 0 aliphatic heterocycles. The van der Waals surface area contributed by atoms with Crippen molar-refractivity contribution >= 4 is 41.9 Å². The molecule has 1 unspecified atom stereocenters. The Balaban J connectivity index is 2.69. The number of aliphatic carboxylic acids is 1. The Labute approximate surface area is 102 Å². The normalized spacial score (nSPS) is 12.9. The molecule has 0 saturated carbocycles. The molecular formula is C10H8ClNO3Se. The monoisotopic (exact) mass is 305 g/mol. The summed E-state index contributed by atoms with van der Waals surface area (Å²) in [6.07, 6.45) is 0. The molecule has 2 aromatic rings. The number of carbonyl (C=O) groups is 1. The van der Waals surface area contributed by atoms with E-state index in [1.165, 1.54) is 10.5 Å². The zero-order valence-electron chi connectivity index (χ0n) is 8.31. The Hall–Kier alpha value is -1.03. The van der Waals surface area contributed by atoms with Gasteiger partial charge in [0.1, 0.15) is 0 Å². The third-order valence-electron chi connectivity index (χ3n) is 2.28. The quantitative estimate of drug-likeness (QED) is 0.852. The maximum absolute atomic E-state index is 11.9. The van der Waals surface area contributed by atoms with E-state index in [0.29, 0.717) is 10.4 Å². The van der Waals surface area contributed by atoms with Crippen molar-refractivity contribution in [2.45, 2.75) is 13.0 Å². The van der Waals surface area contributed by atoms with Gasteiger partial charge >= 0.3 is 102 Å². The number of halogens is 1. The number of carboxylic acid groups (broad SMARTS) is 1. The molecule has 0 bridgehead atoms. The molecule has 0 spiro atoms. The van der Waals surface area contributed by atoms with Crippen LogP contribution < -0.4 is 5.56 Å². The number of fused-ring (bicyclic) bond motifs is 1. The van der Waals surface area contributed by atoms with Gasteiger partial charge in [0.2, 0.25) is 0 Å². The van der Waals surface area contributed by atoms with Gasteiger partial charge in [0.05, 0.1) is 0 Å². The molecule has 16 heavy (non-hydrogen) atoms. The van der Waals surface area contributed by atoms with Crippen LogP contribution in [0.1, 0.15) is 13.0 Å². The van der Waals surface area contributed by atoms with Crippen LogP contribution in [0.4, 0.5) is 0 Å². The van der Waals surface area contributed by atoms with E-state index in [1.807, 2.05) is 0 Å². The number of hydrogen-bond acceptors (Lipinski definition) is 2. The number of carboxylic acids is 1. The van der Waals surface area contributed by atoms with Crippen molar-refractivity contribution in [1.29, 1.82) is 0 Å². The predicted molar refractivity (Wildman–Crippen MR) is 62.5 cm³/mol. The van der Waals surface area contributed by atoms with E-state index in [0.717, 1.165) is 4.26 Å². The fraction of sp³-hybridized carbons (Fsp3) is 0.200. The minimum atomic E-state index is -0.992. The molecule has 0 saturated heterocycles. The Kier molecular flexibility index (Phi) is 2.93. The van der Waals surface area contributed by atoms with E-state index in [1.54, 1.807) is 18.2 Å². The van der Waals surface area contributed by atoms with Crippen LogP contribution in [-0.4, -0.2) is 29.4 Å². The summed E-state index contributed by atoms with van der Waals surface area (Å²) in [5, 5.41) is 10.0. The molecule has 2 rings (SSSR count). The number of rotatable bonds is 2. The topological polar surface area (TPSA) is 59.3 Å². The van der Waals surface area contributed by atoms with Gasteiger partial charge in [-0.25, -0.2) is 0 Å². The van der Waals surface area contributed by atoms with Crippen molar-refractivity contribution < 1.29 is 9.90 Å². The average Bonchev–Trinajstić information content (AvgIpc) is 2.54. The molecule has 1 aromatic carbocycles. The van der Waals surface area contributed by atoms with E-state index < -0.39 is 12.0 Å². The molecule has 0 radical (unpaired) electrons. The summed E-state index contributed by atoms with van der Waals surface area (Å²) < 4.78 is 2.23. The second kappa shape index (κ2) is 4.09. The number of nitrogens with zero attached hydrogens (tertiary/aromatic N) is 1. The van der Waals surface area contributed by atoms with Crippen molar-refractivity contribution in [2.75, 3.05) is 0 Å². The van der Waals surface area contributed by atoms with Gasteiger partial charge in [-0.15, -0.1) is 0 Å². The van der Waals surface area contributed by atoms with E-state index in [4.69, 9.17) is 16.7 Å². The van der Waals surface area contributed by atoms with Crippen LogP contribution in [0.3, 0.4) is 0 Å². The first-order valence-electron chi connectivity index (χ1n) is 4.54. The molecule has 0 aliphatic rings. The third kappa shape index (κ3) is 1.82. The number of benzene rings is 1. The summed E-state index contributed by atoms with van der Waals surface area (Å²) in [6, 6.07) is 4.22. The summed E-state index contributed by atoms with van der Waals surface area (Å²) in [7, 11) is 0. The fourth-order valence-corrected chi connectivity index (χ4v) is 3.94. The summed E-state index contributed by atoms with van der Waals surface area (Å²) in [6.45, 7) is 1.51. The molecule has 4 nitrogen and oxygen atoms in total. The maximum atomic E-state index is 11.9. The SMILES string of the molecule is CC(C(=O)O)n1[se]c2cc(Cl)ccc2c1=O. The summed E-state index contributed by atoms with van der Waals surface area (Å²) in [5.74, 6) is -0.992. The molecule has 0 amide bonds. The number of aromatic nitrogens is 1. The first-order chi connectivity index (χ1) is 7.50. The van der Waals surface area contributed by atoms with E-state index in [2.05, 4.69) is 0 Å². The predicted octanol–water partition coefficient (Wildman–Crippen LogP) is 1.36. The second-order valence-corrected chi connectivity index (χ2v) is 5.94. The van der Waals surface area contributed by atoms with Gasteiger partial charge in [0.15, 0.2) is 0 Å². The molecular weight excluding hydrogens is 297 g/mol. The summed E-state index contributed by atoms with van der Waals surface area (Å²) >= 11 is 5.53. The number of hydrogen-bond donors (Lipinski definition) is 1. The van der Waals surface area contributed by atoms with Gasteiger partial charge < -0.3 is 0 Å². The Bertz CT molecular complexity index is 616. The molecule has 1 heterocycles. The molecule has 1 aromatic heterocycles. The first kappa shape index (κ1) is 11.5. The van der Waals surface area contributed by atoms with Gasteiger partial charge in [-0.05, 0) is 0 Å². The van der Waals surface area contributed by atoms with Crippen LogP contribution in [0.25, 0.3) is 9.65 Å². The zero-order valence-corrected chi connectivity index (χ0v) is 10.8. The molecule has 1 N–H and O–H groups in total. The minimum absolute atomic E-state index is 0.221. The van der Waals surface area contributed by atoms with Crippen molar-refractivity contribution in [3.63, 3.8) is 0 Å². The van der Waals surface area contributed by atoms with Gasteiger partial charge in [0, 0.05) is 0 Å². The van der Waals surface area contributed by atoms with Crippen LogP contribution in [0, 0.1) is 0 Å². The molecule has 0 fully saturated rings. The standard InChI is InChI=1S/C10H8ClNO3Se/c1-5(10(14)15)12-9(13)7-3-2-6(11)4-8(7)16-12/h2-5H,1H3,(H,14,15). The van der Waals surface area contributed by atoms with Crippen LogP contribution in [0.15, 0.2) is 23.0 Å². The third-order valence-corrected chi connectivity index (χ3v) is 5.06. The van der Waals surface area contributed by atoms with Gasteiger partial charge in [0.25, 0.3) is 0 Å². The van der Waals surface area contributed by atoms with Gasteiger partial charge in [-0.1, -0.05) is 0 Å². The summed E-state index contributed by atoms with van der Waals surface area (Å²) in [5.41, 5.74) is -0.221. The van der Waals surface area contributed by atoms with Gasteiger partial charge in [-0.2, -0.15) is 0 Å². The molecule has 1 atom stereocenters. The summed E-state index contributed by atoms with van der Waals surface area (Å²) in [4.78, 5) is 22.7. The van der Waals surface area contributed by atoms with E-state index in [-0.39, 0.29) is 20.3 Å². The van der Waals surface area contributed by atoms with E-state index >= 15 is 0 Å². The average molecular weight is 305 g/mol. The van der Waals surface area contributed by atoms with Crippen molar-refractivity contribution in [3.8, 4) is 0 Å². The van der Waals surface area contributed by atoms with Crippen molar-refractivity contribution in [2.24, 2.45) is 0 Å². The molecule has 0 aliphatic carbocycles. The second-order valence-electron chi connectivity index (χ2n) is 3.38. The first-order valence-corrected chi connectivity index (χ1v) is 6.54. The van der Waals surface area contributed by atoms with Crippen LogP contribution in [0.5, 0.6) is 0 Å². The van der Waals surface area contributed by atoms with Crippen LogP contribution in [0.2, 0.25) is 5.02 Å². The molecule has 6 heteroatoms. The Morgan fingerprint density at radius 1 is 1.56 bits per heavy atom.